The molecule has 1 amide bonds. The van der Waals surface area contributed by atoms with Crippen LogP contribution >= 0.6 is 0 Å². The van der Waals surface area contributed by atoms with E-state index in [-0.39, 0.29) is 29.7 Å². The number of nitrogens with one attached hydrogen (secondary N) is 3. The lowest BCUT2D eigenvalue weighted by Crippen LogP contribution is -2.36. The van der Waals surface area contributed by atoms with Gasteiger partial charge >= 0.3 is 0 Å². The van der Waals surface area contributed by atoms with Gasteiger partial charge in [-0.3, -0.25) is 15.5 Å². The highest BCUT2D eigenvalue weighted by atomic mass is 19.1. The average Bonchev–Trinajstić information content (AvgIpc) is 3.21. The number of anilines is 1. The number of fused-ring (bicyclic) bond motifs is 1. The largest absolute Gasteiger partial charge is 0.434 e. The van der Waals surface area contributed by atoms with Crippen LogP contribution in [0.2, 0.25) is 0 Å². The molecule has 0 radical (unpaired) electrons. The molecular weight excluding hydrogens is 406 g/mol. The van der Waals surface area contributed by atoms with Gasteiger partial charge in [0.15, 0.2) is 17.5 Å². The minimum Gasteiger partial charge on any atom is -0.434 e. The third kappa shape index (κ3) is 4.81. The van der Waals surface area contributed by atoms with Crippen LogP contribution in [0.4, 0.5) is 14.5 Å². The number of carbonyl (C=O) groups is 1. The molecule has 4 aromatic rings. The SMILES string of the molecule is N=C(NC(=O)Cc1ccc(F)cc1)Nc1ccc(Oc2ncnn3cccc23)c(F)c1. The zero-order chi connectivity index (χ0) is 21.8. The highest BCUT2D eigenvalue weighted by molar-refractivity contribution is 6.02. The molecule has 0 fully saturated rings. The van der Waals surface area contributed by atoms with Gasteiger partial charge in [0.1, 0.15) is 17.7 Å². The van der Waals surface area contributed by atoms with Gasteiger partial charge in [0.2, 0.25) is 11.8 Å². The second-order valence-corrected chi connectivity index (χ2v) is 6.50. The van der Waals surface area contributed by atoms with Gasteiger partial charge in [0.05, 0.1) is 6.42 Å². The summed E-state index contributed by atoms with van der Waals surface area (Å²) in [7, 11) is 0. The molecule has 8 nitrogen and oxygen atoms in total. The van der Waals surface area contributed by atoms with Crippen molar-refractivity contribution in [1.29, 1.82) is 5.41 Å². The zero-order valence-corrected chi connectivity index (χ0v) is 16.0. The van der Waals surface area contributed by atoms with Crippen LogP contribution in [-0.4, -0.2) is 26.5 Å². The summed E-state index contributed by atoms with van der Waals surface area (Å²) in [4.78, 5) is 16.0. The molecule has 0 saturated heterocycles. The number of hydrogen-bond acceptors (Lipinski definition) is 5. The van der Waals surface area contributed by atoms with Crippen molar-refractivity contribution in [1.82, 2.24) is 19.9 Å². The van der Waals surface area contributed by atoms with Gasteiger partial charge in [-0.25, -0.2) is 13.3 Å². The summed E-state index contributed by atoms with van der Waals surface area (Å²) in [5, 5.41) is 16.8. The van der Waals surface area contributed by atoms with Crippen molar-refractivity contribution in [3.8, 4) is 11.6 Å². The highest BCUT2D eigenvalue weighted by Crippen LogP contribution is 2.27. The Kier molecular flexibility index (Phi) is 5.52. The van der Waals surface area contributed by atoms with Crippen LogP contribution in [0.1, 0.15) is 5.56 Å². The number of ether oxygens (including phenoxy) is 1. The summed E-state index contributed by atoms with van der Waals surface area (Å²) in [6.45, 7) is 0. The van der Waals surface area contributed by atoms with Gasteiger partial charge in [0, 0.05) is 18.0 Å². The molecule has 10 heteroatoms. The molecule has 31 heavy (non-hydrogen) atoms. The molecule has 0 atom stereocenters. The minimum absolute atomic E-state index is 0.0291. The molecular formula is C21H16F2N6O2. The maximum absolute atomic E-state index is 14.5. The minimum atomic E-state index is -0.682. The Morgan fingerprint density at radius 2 is 1.94 bits per heavy atom. The van der Waals surface area contributed by atoms with E-state index in [4.69, 9.17) is 10.1 Å². The van der Waals surface area contributed by atoms with Crippen molar-refractivity contribution in [2.45, 2.75) is 6.42 Å². The van der Waals surface area contributed by atoms with E-state index in [1.165, 1.54) is 42.7 Å². The first-order valence-electron chi connectivity index (χ1n) is 9.13. The number of aromatic nitrogens is 3. The fourth-order valence-corrected chi connectivity index (χ4v) is 2.83. The Bertz CT molecular complexity index is 1260. The van der Waals surface area contributed by atoms with Gasteiger partial charge < -0.3 is 10.1 Å². The van der Waals surface area contributed by atoms with E-state index >= 15 is 0 Å². The van der Waals surface area contributed by atoms with Crippen molar-refractivity contribution in [2.24, 2.45) is 0 Å². The maximum atomic E-state index is 14.5. The predicted molar refractivity (Wildman–Crippen MR) is 109 cm³/mol. The Morgan fingerprint density at radius 3 is 2.71 bits per heavy atom. The Balaban J connectivity index is 1.37. The van der Waals surface area contributed by atoms with Gasteiger partial charge in [-0.2, -0.15) is 10.1 Å². The van der Waals surface area contributed by atoms with E-state index in [1.807, 2.05) is 0 Å². The Labute approximate surface area is 175 Å². The van der Waals surface area contributed by atoms with Crippen LogP contribution in [0.15, 0.2) is 67.1 Å². The lowest BCUT2D eigenvalue weighted by Gasteiger charge is -2.11. The van der Waals surface area contributed by atoms with Gasteiger partial charge in [-0.1, -0.05) is 12.1 Å². The number of benzene rings is 2. The maximum Gasteiger partial charge on any atom is 0.247 e. The monoisotopic (exact) mass is 422 g/mol. The third-order valence-electron chi connectivity index (χ3n) is 4.25. The molecule has 0 bridgehead atoms. The second kappa shape index (κ2) is 8.57. The number of amides is 1. The number of carbonyl (C=O) groups excluding carboxylic acids is 1. The van der Waals surface area contributed by atoms with Crippen molar-refractivity contribution >= 4 is 23.1 Å². The first-order chi connectivity index (χ1) is 15.0. The van der Waals surface area contributed by atoms with Crippen LogP contribution in [0.3, 0.4) is 0 Å². The normalized spacial score (nSPS) is 10.6. The van der Waals surface area contributed by atoms with Crippen LogP contribution in [0.5, 0.6) is 11.6 Å². The van der Waals surface area contributed by atoms with Crippen LogP contribution in [0.25, 0.3) is 5.52 Å². The Morgan fingerprint density at radius 1 is 1.13 bits per heavy atom. The molecule has 0 aliphatic carbocycles. The van der Waals surface area contributed by atoms with Gasteiger partial charge in [0.25, 0.3) is 0 Å². The van der Waals surface area contributed by atoms with Crippen LogP contribution in [0, 0.1) is 17.0 Å². The summed E-state index contributed by atoms with van der Waals surface area (Å²) in [6, 6.07) is 13.0. The number of nitrogens with zero attached hydrogens (tertiary/aromatic N) is 3. The first kappa shape index (κ1) is 20.0. The lowest BCUT2D eigenvalue weighted by atomic mass is 10.1. The van der Waals surface area contributed by atoms with E-state index in [9.17, 15) is 13.6 Å². The fourth-order valence-electron chi connectivity index (χ4n) is 2.83. The summed E-state index contributed by atoms with van der Waals surface area (Å²) in [5.74, 6) is -1.74. The highest BCUT2D eigenvalue weighted by Gasteiger charge is 2.12. The van der Waals surface area contributed by atoms with Crippen molar-refractivity contribution in [3.05, 3.63) is 84.3 Å². The fraction of sp³-hybridized carbons (Fsp3) is 0.0476. The molecule has 2 aromatic heterocycles. The molecule has 156 valence electrons. The van der Waals surface area contributed by atoms with Gasteiger partial charge in [-0.15, -0.1) is 0 Å². The number of rotatable bonds is 5. The van der Waals surface area contributed by atoms with Crippen LogP contribution < -0.4 is 15.4 Å². The topological polar surface area (TPSA) is 104 Å². The second-order valence-electron chi connectivity index (χ2n) is 6.50. The molecule has 2 aromatic carbocycles. The van der Waals surface area contributed by atoms with E-state index in [1.54, 1.807) is 22.8 Å². The van der Waals surface area contributed by atoms with Crippen molar-refractivity contribution in [2.75, 3.05) is 5.32 Å². The van der Waals surface area contributed by atoms with E-state index < -0.39 is 17.5 Å². The third-order valence-corrected chi connectivity index (χ3v) is 4.25. The molecule has 4 rings (SSSR count). The molecule has 0 spiro atoms. The standard InChI is InChI=1S/C21H16F2N6O2/c22-14-5-3-13(4-6-14)10-19(30)28-21(24)27-15-7-8-18(16(23)11-15)31-20-17-2-1-9-29(17)26-12-25-20/h1-9,11-12H,10H2,(H3,24,27,28,30). The number of hydrogen-bond donors (Lipinski definition) is 3. The predicted octanol–water partition coefficient (Wildman–Crippen LogP) is 3.51. The van der Waals surface area contributed by atoms with E-state index in [2.05, 4.69) is 20.7 Å². The lowest BCUT2D eigenvalue weighted by molar-refractivity contribution is -0.119. The summed E-state index contributed by atoms with van der Waals surface area (Å²) in [5.41, 5.74) is 1.42. The van der Waals surface area contributed by atoms with Crippen LogP contribution in [-0.2, 0) is 11.2 Å². The van der Waals surface area contributed by atoms with E-state index in [0.717, 1.165) is 6.07 Å². The average molecular weight is 422 g/mol. The molecule has 2 heterocycles. The van der Waals surface area contributed by atoms with Crippen molar-refractivity contribution < 1.29 is 18.3 Å². The van der Waals surface area contributed by atoms with Crippen molar-refractivity contribution in [3.63, 3.8) is 0 Å². The zero-order valence-electron chi connectivity index (χ0n) is 16.0. The summed E-state index contributed by atoms with van der Waals surface area (Å²) >= 11 is 0. The summed E-state index contributed by atoms with van der Waals surface area (Å²) in [6.07, 6.45) is 2.98. The smallest absolute Gasteiger partial charge is 0.247 e. The Hall–Kier alpha value is -4.34. The molecule has 0 aliphatic rings. The molecule has 0 aliphatic heterocycles. The van der Waals surface area contributed by atoms with E-state index in [0.29, 0.717) is 11.1 Å². The number of halogens is 2. The van der Waals surface area contributed by atoms with Gasteiger partial charge in [-0.05, 0) is 42.0 Å². The number of guanidine groups is 1. The molecule has 3 N–H and O–H groups in total. The first-order valence-corrected chi connectivity index (χ1v) is 9.13. The summed E-state index contributed by atoms with van der Waals surface area (Å²) < 4.78 is 34.5. The quantitative estimate of drug-likeness (QED) is 0.337. The molecule has 0 saturated carbocycles. The molecule has 0 unspecified atom stereocenters.